The van der Waals surface area contributed by atoms with Gasteiger partial charge >= 0.3 is 0 Å². The average molecular weight is 398 g/mol. The lowest BCUT2D eigenvalue weighted by molar-refractivity contribution is 0.609. The summed E-state index contributed by atoms with van der Waals surface area (Å²) in [4.78, 5) is 0. The molecule has 0 aliphatic heterocycles. The molecule has 0 aromatic heterocycles. The maximum Gasteiger partial charge on any atom is 0.0220 e. The standard InChI is InChI=1S/C16H18Br2N2/c17-15-7-3-1-5-13(15)11-19-9-10-20-12-14-6-2-4-8-16(14)18/h1-8,19-20H,9-12H2. The molecular formula is C16H18Br2N2. The minimum absolute atomic E-state index is 0.887. The summed E-state index contributed by atoms with van der Waals surface area (Å²) in [6, 6.07) is 16.6. The maximum atomic E-state index is 3.56. The van der Waals surface area contributed by atoms with Crippen molar-refractivity contribution in [2.45, 2.75) is 13.1 Å². The van der Waals surface area contributed by atoms with Crippen molar-refractivity contribution >= 4 is 31.9 Å². The Morgan fingerprint density at radius 2 is 1.05 bits per heavy atom. The molecule has 0 radical (unpaired) electrons. The lowest BCUT2D eigenvalue weighted by atomic mass is 10.2. The van der Waals surface area contributed by atoms with Gasteiger partial charge in [0.1, 0.15) is 0 Å². The molecule has 4 heteroatoms. The number of rotatable bonds is 7. The first-order valence-corrected chi connectivity index (χ1v) is 8.24. The SMILES string of the molecule is Brc1ccccc1CNCCNCc1ccccc1Br. The molecule has 2 nitrogen and oxygen atoms in total. The number of hydrogen-bond donors (Lipinski definition) is 2. The normalized spacial score (nSPS) is 10.7. The van der Waals surface area contributed by atoms with Crippen molar-refractivity contribution in [1.29, 1.82) is 0 Å². The molecule has 0 heterocycles. The zero-order valence-corrected chi connectivity index (χ0v) is 14.4. The molecule has 0 fully saturated rings. The summed E-state index contributed by atoms with van der Waals surface area (Å²) in [5.41, 5.74) is 2.58. The summed E-state index contributed by atoms with van der Waals surface area (Å²) in [5, 5.41) is 6.88. The Labute approximate surface area is 137 Å². The zero-order chi connectivity index (χ0) is 14.2. The van der Waals surface area contributed by atoms with Crippen LogP contribution in [0.15, 0.2) is 57.5 Å². The second-order valence-electron chi connectivity index (χ2n) is 4.54. The fraction of sp³-hybridized carbons (Fsp3) is 0.250. The Kier molecular flexibility index (Phi) is 6.73. The molecule has 2 aromatic carbocycles. The van der Waals surface area contributed by atoms with E-state index in [4.69, 9.17) is 0 Å². The Hall–Kier alpha value is -0.680. The molecule has 0 amide bonds. The van der Waals surface area contributed by atoms with Crippen molar-refractivity contribution in [1.82, 2.24) is 10.6 Å². The molecule has 0 saturated carbocycles. The molecule has 0 aliphatic rings. The molecule has 2 rings (SSSR count). The van der Waals surface area contributed by atoms with Crippen molar-refractivity contribution in [2.24, 2.45) is 0 Å². The maximum absolute atomic E-state index is 3.56. The fourth-order valence-electron chi connectivity index (χ4n) is 1.91. The van der Waals surface area contributed by atoms with E-state index in [0.29, 0.717) is 0 Å². The van der Waals surface area contributed by atoms with E-state index in [9.17, 15) is 0 Å². The molecule has 0 saturated heterocycles. The van der Waals surface area contributed by atoms with E-state index >= 15 is 0 Å². The third kappa shape index (κ3) is 5.02. The van der Waals surface area contributed by atoms with Crippen LogP contribution < -0.4 is 10.6 Å². The van der Waals surface area contributed by atoms with E-state index in [1.807, 2.05) is 12.1 Å². The van der Waals surface area contributed by atoms with Crippen LogP contribution in [-0.4, -0.2) is 13.1 Å². The van der Waals surface area contributed by atoms with E-state index in [1.165, 1.54) is 11.1 Å². The lowest BCUT2D eigenvalue weighted by Gasteiger charge is -2.09. The Morgan fingerprint density at radius 1 is 0.650 bits per heavy atom. The van der Waals surface area contributed by atoms with Crippen LogP contribution in [-0.2, 0) is 13.1 Å². The summed E-state index contributed by atoms with van der Waals surface area (Å²) < 4.78 is 2.32. The number of halogens is 2. The highest BCUT2D eigenvalue weighted by atomic mass is 79.9. The van der Waals surface area contributed by atoms with Crippen LogP contribution in [0.5, 0.6) is 0 Å². The van der Waals surface area contributed by atoms with Gasteiger partial charge in [-0.15, -0.1) is 0 Å². The highest BCUT2D eigenvalue weighted by molar-refractivity contribution is 9.10. The molecule has 20 heavy (non-hydrogen) atoms. The Bertz CT molecular complexity index is 494. The monoisotopic (exact) mass is 396 g/mol. The first-order valence-electron chi connectivity index (χ1n) is 6.65. The van der Waals surface area contributed by atoms with Crippen LogP contribution >= 0.6 is 31.9 Å². The molecule has 0 atom stereocenters. The van der Waals surface area contributed by atoms with E-state index in [-0.39, 0.29) is 0 Å². The van der Waals surface area contributed by atoms with Crippen molar-refractivity contribution in [3.05, 3.63) is 68.6 Å². The topological polar surface area (TPSA) is 24.1 Å². The molecule has 0 bridgehead atoms. The van der Waals surface area contributed by atoms with Gasteiger partial charge in [0.15, 0.2) is 0 Å². The third-order valence-electron chi connectivity index (χ3n) is 3.03. The molecule has 2 N–H and O–H groups in total. The number of benzene rings is 2. The van der Waals surface area contributed by atoms with Crippen LogP contribution in [0.3, 0.4) is 0 Å². The van der Waals surface area contributed by atoms with Crippen LogP contribution in [0.25, 0.3) is 0 Å². The smallest absolute Gasteiger partial charge is 0.0220 e. The molecule has 106 valence electrons. The van der Waals surface area contributed by atoms with Crippen molar-refractivity contribution in [2.75, 3.05) is 13.1 Å². The van der Waals surface area contributed by atoms with Crippen LogP contribution in [0.1, 0.15) is 11.1 Å². The van der Waals surface area contributed by atoms with Crippen LogP contribution in [0.2, 0.25) is 0 Å². The molecule has 0 aliphatic carbocycles. The first kappa shape index (κ1) is 15.7. The predicted molar refractivity (Wildman–Crippen MR) is 91.7 cm³/mol. The van der Waals surface area contributed by atoms with Gasteiger partial charge in [0.05, 0.1) is 0 Å². The first-order chi connectivity index (χ1) is 9.77. The van der Waals surface area contributed by atoms with Gasteiger partial charge in [-0.2, -0.15) is 0 Å². The zero-order valence-electron chi connectivity index (χ0n) is 11.2. The van der Waals surface area contributed by atoms with Gasteiger partial charge in [0.25, 0.3) is 0 Å². The lowest BCUT2D eigenvalue weighted by Crippen LogP contribution is -2.26. The summed E-state index contributed by atoms with van der Waals surface area (Å²) in [7, 11) is 0. The summed E-state index contributed by atoms with van der Waals surface area (Å²) in [6.07, 6.45) is 0. The highest BCUT2D eigenvalue weighted by Gasteiger charge is 1.98. The highest BCUT2D eigenvalue weighted by Crippen LogP contribution is 2.15. The quantitative estimate of drug-likeness (QED) is 0.687. The van der Waals surface area contributed by atoms with Gasteiger partial charge in [0.2, 0.25) is 0 Å². The molecule has 0 spiro atoms. The Morgan fingerprint density at radius 3 is 1.45 bits per heavy atom. The average Bonchev–Trinajstić information content (AvgIpc) is 2.46. The minimum atomic E-state index is 0.887. The minimum Gasteiger partial charge on any atom is -0.311 e. The van der Waals surface area contributed by atoms with Crippen molar-refractivity contribution in [3.63, 3.8) is 0 Å². The third-order valence-corrected chi connectivity index (χ3v) is 4.57. The van der Waals surface area contributed by atoms with E-state index < -0.39 is 0 Å². The summed E-state index contributed by atoms with van der Waals surface area (Å²) >= 11 is 7.11. The largest absolute Gasteiger partial charge is 0.311 e. The van der Waals surface area contributed by atoms with Gasteiger partial charge < -0.3 is 10.6 Å². The molecular weight excluding hydrogens is 380 g/mol. The Balaban J connectivity index is 1.63. The van der Waals surface area contributed by atoms with E-state index in [2.05, 4.69) is 78.9 Å². The van der Waals surface area contributed by atoms with Crippen molar-refractivity contribution in [3.8, 4) is 0 Å². The molecule has 0 unspecified atom stereocenters. The summed E-state index contributed by atoms with van der Waals surface area (Å²) in [5.74, 6) is 0. The predicted octanol–water partition coefficient (Wildman–Crippen LogP) is 4.09. The number of nitrogens with one attached hydrogen (secondary N) is 2. The van der Waals surface area contributed by atoms with Crippen LogP contribution in [0.4, 0.5) is 0 Å². The molecule has 2 aromatic rings. The van der Waals surface area contributed by atoms with Gasteiger partial charge in [0, 0.05) is 35.1 Å². The van der Waals surface area contributed by atoms with E-state index in [0.717, 1.165) is 35.1 Å². The second kappa shape index (κ2) is 8.57. The van der Waals surface area contributed by atoms with Gasteiger partial charge in [-0.05, 0) is 23.3 Å². The fourth-order valence-corrected chi connectivity index (χ4v) is 2.76. The summed E-state index contributed by atoms with van der Waals surface area (Å²) in [6.45, 7) is 3.67. The van der Waals surface area contributed by atoms with Crippen molar-refractivity contribution < 1.29 is 0 Å². The van der Waals surface area contributed by atoms with Gasteiger partial charge in [-0.1, -0.05) is 68.3 Å². The van der Waals surface area contributed by atoms with Crippen LogP contribution in [0, 0.1) is 0 Å². The second-order valence-corrected chi connectivity index (χ2v) is 6.25. The number of hydrogen-bond acceptors (Lipinski definition) is 2. The van der Waals surface area contributed by atoms with Gasteiger partial charge in [-0.25, -0.2) is 0 Å². The van der Waals surface area contributed by atoms with Gasteiger partial charge in [-0.3, -0.25) is 0 Å². The van der Waals surface area contributed by atoms with E-state index in [1.54, 1.807) is 0 Å².